The first-order valence-corrected chi connectivity index (χ1v) is 4.11. The smallest absolute Gasteiger partial charge is 0.314 e. The number of pyridine rings is 1. The van der Waals surface area contributed by atoms with E-state index in [1.54, 1.807) is 24.3 Å². The summed E-state index contributed by atoms with van der Waals surface area (Å²) in [6.45, 7) is -0.200. The fraction of sp³-hybridized carbons (Fsp3) is 0.111. The van der Waals surface area contributed by atoms with Gasteiger partial charge in [-0.25, -0.2) is 4.98 Å². The number of amides is 2. The number of nitrogens with zero attached hydrogens (tertiary/aromatic N) is 2. The fourth-order valence-electron chi connectivity index (χ4n) is 0.810. The van der Waals surface area contributed by atoms with Gasteiger partial charge in [-0.1, -0.05) is 6.07 Å². The molecule has 2 amide bonds. The molecular weight excluding hydrogens is 196 g/mol. The third-order valence-corrected chi connectivity index (χ3v) is 1.44. The molecule has 6 heteroatoms. The van der Waals surface area contributed by atoms with Crippen LogP contribution in [0.4, 0.5) is 5.82 Å². The van der Waals surface area contributed by atoms with Gasteiger partial charge in [0.1, 0.15) is 12.4 Å². The van der Waals surface area contributed by atoms with Crippen LogP contribution in [0, 0.1) is 11.3 Å². The number of nitriles is 1. The molecule has 0 unspecified atom stereocenters. The van der Waals surface area contributed by atoms with Crippen LogP contribution in [0.25, 0.3) is 0 Å². The molecule has 1 aromatic rings. The Morgan fingerprint density at radius 1 is 1.40 bits per heavy atom. The molecule has 6 nitrogen and oxygen atoms in total. The summed E-state index contributed by atoms with van der Waals surface area (Å²) in [5, 5.41) is 12.6. The van der Waals surface area contributed by atoms with Crippen molar-refractivity contribution >= 4 is 17.6 Å². The molecule has 1 rings (SSSR count). The van der Waals surface area contributed by atoms with Gasteiger partial charge in [-0.2, -0.15) is 5.26 Å². The quantitative estimate of drug-likeness (QED) is 0.509. The molecule has 0 saturated carbocycles. The van der Waals surface area contributed by atoms with Crippen molar-refractivity contribution in [1.82, 2.24) is 10.3 Å². The maximum absolute atomic E-state index is 11.1. The van der Waals surface area contributed by atoms with Gasteiger partial charge in [0.25, 0.3) is 0 Å². The van der Waals surface area contributed by atoms with Crippen LogP contribution in [0.3, 0.4) is 0 Å². The maximum atomic E-state index is 11.1. The first kappa shape index (κ1) is 10.7. The number of rotatable bonds is 2. The molecular formula is C9H8N4O2. The summed E-state index contributed by atoms with van der Waals surface area (Å²) in [5.74, 6) is -1.42. The van der Waals surface area contributed by atoms with Gasteiger partial charge in [0, 0.05) is 6.20 Å². The van der Waals surface area contributed by atoms with E-state index in [2.05, 4.69) is 15.6 Å². The maximum Gasteiger partial charge on any atom is 0.314 e. The van der Waals surface area contributed by atoms with Crippen LogP contribution in [0.15, 0.2) is 24.4 Å². The number of hydrogen-bond acceptors (Lipinski definition) is 4. The van der Waals surface area contributed by atoms with E-state index in [4.69, 9.17) is 5.26 Å². The van der Waals surface area contributed by atoms with E-state index in [1.807, 2.05) is 0 Å². The van der Waals surface area contributed by atoms with E-state index in [1.165, 1.54) is 6.20 Å². The average molecular weight is 204 g/mol. The highest BCUT2D eigenvalue weighted by atomic mass is 16.2. The van der Waals surface area contributed by atoms with Gasteiger partial charge in [-0.3, -0.25) is 9.59 Å². The lowest BCUT2D eigenvalue weighted by molar-refractivity contribution is -0.136. The van der Waals surface area contributed by atoms with Crippen LogP contribution < -0.4 is 10.6 Å². The van der Waals surface area contributed by atoms with Crippen molar-refractivity contribution in [3.05, 3.63) is 24.4 Å². The normalized spacial score (nSPS) is 8.73. The van der Waals surface area contributed by atoms with Crippen molar-refractivity contribution in [2.45, 2.75) is 0 Å². The minimum absolute atomic E-state index is 0.200. The van der Waals surface area contributed by atoms with E-state index >= 15 is 0 Å². The van der Waals surface area contributed by atoms with Crippen LogP contribution >= 0.6 is 0 Å². The Bertz CT molecular complexity index is 396. The number of hydrogen-bond donors (Lipinski definition) is 2. The fourth-order valence-corrected chi connectivity index (χ4v) is 0.810. The van der Waals surface area contributed by atoms with Gasteiger partial charge < -0.3 is 10.6 Å². The van der Waals surface area contributed by atoms with E-state index in [9.17, 15) is 9.59 Å². The summed E-state index contributed by atoms with van der Waals surface area (Å²) in [6.07, 6.45) is 1.49. The summed E-state index contributed by atoms with van der Waals surface area (Å²) < 4.78 is 0. The third kappa shape index (κ3) is 3.44. The van der Waals surface area contributed by atoms with E-state index < -0.39 is 11.8 Å². The lowest BCUT2D eigenvalue weighted by atomic mass is 10.4. The summed E-state index contributed by atoms with van der Waals surface area (Å²) in [4.78, 5) is 26.0. The van der Waals surface area contributed by atoms with E-state index in [-0.39, 0.29) is 12.4 Å². The highest BCUT2D eigenvalue weighted by Gasteiger charge is 2.12. The molecule has 0 spiro atoms. The Hall–Kier alpha value is -2.42. The average Bonchev–Trinajstić information content (AvgIpc) is 2.27. The van der Waals surface area contributed by atoms with Crippen LogP contribution in [0.5, 0.6) is 0 Å². The monoisotopic (exact) mass is 204 g/mol. The zero-order valence-corrected chi connectivity index (χ0v) is 7.73. The van der Waals surface area contributed by atoms with Crippen LogP contribution in [0.1, 0.15) is 0 Å². The Labute approximate surface area is 85.9 Å². The predicted octanol–water partition coefficient (Wildman–Crippen LogP) is -0.340. The first-order valence-electron chi connectivity index (χ1n) is 4.11. The molecule has 0 aliphatic heterocycles. The largest absolute Gasteiger partial charge is 0.335 e. The second kappa shape index (κ2) is 5.34. The summed E-state index contributed by atoms with van der Waals surface area (Å²) >= 11 is 0. The Balaban J connectivity index is 2.50. The second-order valence-electron chi connectivity index (χ2n) is 2.51. The minimum atomic E-state index is -0.859. The summed E-state index contributed by atoms with van der Waals surface area (Å²) in [5.41, 5.74) is 0. The molecule has 0 fully saturated rings. The van der Waals surface area contributed by atoms with Crippen LogP contribution in [-0.2, 0) is 9.59 Å². The Morgan fingerprint density at radius 2 is 2.20 bits per heavy atom. The molecule has 0 bridgehead atoms. The van der Waals surface area contributed by atoms with Gasteiger partial charge in [0.2, 0.25) is 0 Å². The molecule has 0 aromatic carbocycles. The van der Waals surface area contributed by atoms with Gasteiger partial charge in [0.05, 0.1) is 6.07 Å². The third-order valence-electron chi connectivity index (χ3n) is 1.44. The molecule has 0 aliphatic rings. The molecule has 1 aromatic heterocycles. The van der Waals surface area contributed by atoms with Crippen molar-refractivity contribution in [2.75, 3.05) is 11.9 Å². The minimum Gasteiger partial charge on any atom is -0.335 e. The lowest BCUT2D eigenvalue weighted by Gasteiger charge is -2.02. The molecule has 0 aliphatic carbocycles. The number of carbonyl (C=O) groups excluding carboxylic acids is 2. The van der Waals surface area contributed by atoms with Crippen molar-refractivity contribution in [3.8, 4) is 6.07 Å². The number of aromatic nitrogens is 1. The highest BCUT2D eigenvalue weighted by Crippen LogP contribution is 1.98. The van der Waals surface area contributed by atoms with Crippen LogP contribution in [-0.4, -0.2) is 23.3 Å². The Kier molecular flexibility index (Phi) is 3.79. The molecule has 1 heterocycles. The second-order valence-corrected chi connectivity index (χ2v) is 2.51. The van der Waals surface area contributed by atoms with Crippen molar-refractivity contribution < 1.29 is 9.59 Å². The van der Waals surface area contributed by atoms with Gasteiger partial charge in [-0.05, 0) is 12.1 Å². The standard InChI is InChI=1S/C9H8N4O2/c10-4-6-12-8(14)9(15)13-7-3-1-2-5-11-7/h1-3,5H,6H2,(H,12,14)(H,11,13,15). The SMILES string of the molecule is N#CCNC(=O)C(=O)Nc1ccccn1. The Morgan fingerprint density at radius 3 is 2.80 bits per heavy atom. The zero-order valence-electron chi connectivity index (χ0n) is 7.73. The van der Waals surface area contributed by atoms with E-state index in [0.717, 1.165) is 0 Å². The zero-order chi connectivity index (χ0) is 11.1. The van der Waals surface area contributed by atoms with Gasteiger partial charge >= 0.3 is 11.8 Å². The number of carbonyl (C=O) groups is 2. The molecule has 0 saturated heterocycles. The van der Waals surface area contributed by atoms with Crippen molar-refractivity contribution in [1.29, 1.82) is 5.26 Å². The van der Waals surface area contributed by atoms with Crippen molar-refractivity contribution in [3.63, 3.8) is 0 Å². The topological polar surface area (TPSA) is 94.9 Å². The number of anilines is 1. The molecule has 0 radical (unpaired) electrons. The summed E-state index contributed by atoms with van der Waals surface area (Å²) in [7, 11) is 0. The van der Waals surface area contributed by atoms with Gasteiger partial charge in [-0.15, -0.1) is 0 Å². The van der Waals surface area contributed by atoms with E-state index in [0.29, 0.717) is 0 Å². The molecule has 0 atom stereocenters. The molecule has 2 N–H and O–H groups in total. The summed E-state index contributed by atoms with van der Waals surface area (Å²) in [6, 6.07) is 6.60. The van der Waals surface area contributed by atoms with Crippen molar-refractivity contribution in [2.24, 2.45) is 0 Å². The molecule has 15 heavy (non-hydrogen) atoms. The predicted molar refractivity (Wildman–Crippen MR) is 51.5 cm³/mol. The highest BCUT2D eigenvalue weighted by molar-refractivity contribution is 6.39. The molecule has 76 valence electrons. The first-order chi connectivity index (χ1) is 7.24. The van der Waals surface area contributed by atoms with Gasteiger partial charge in [0.15, 0.2) is 0 Å². The number of nitrogens with one attached hydrogen (secondary N) is 2. The van der Waals surface area contributed by atoms with Crippen LogP contribution in [0.2, 0.25) is 0 Å². The lowest BCUT2D eigenvalue weighted by Crippen LogP contribution is -2.35.